The Bertz CT molecular complexity index is 159. The molecule has 3 atom stereocenters. The highest BCUT2D eigenvalue weighted by atomic mass is 16.3. The van der Waals surface area contributed by atoms with E-state index in [1.165, 1.54) is 12.8 Å². The third-order valence-corrected chi connectivity index (χ3v) is 3.51. The van der Waals surface area contributed by atoms with E-state index in [0.29, 0.717) is 6.04 Å². The number of aliphatic hydroxyl groups is 2. The smallest absolute Gasteiger partial charge is 0.0607 e. The van der Waals surface area contributed by atoms with Crippen molar-refractivity contribution in [2.45, 2.75) is 45.2 Å². The molecule has 0 aromatic heterocycles. The lowest BCUT2D eigenvalue weighted by Gasteiger charge is -2.34. The van der Waals surface area contributed by atoms with Crippen LogP contribution in [-0.2, 0) is 0 Å². The molecule has 1 aliphatic rings. The lowest BCUT2D eigenvalue weighted by Crippen LogP contribution is -2.45. The summed E-state index contributed by atoms with van der Waals surface area (Å²) in [6.07, 6.45) is 3.59. The number of rotatable bonds is 4. The molecule has 0 aliphatic heterocycles. The standard InChI is InChI=1S/C11H23NO2/c1-8-3-4-10(5-9(8)2)12-11(6-13)7-14/h8-14H,3-7H2,1-2H3/t8-,9-,10-/m0/s1. The molecule has 1 fully saturated rings. The minimum Gasteiger partial charge on any atom is -0.395 e. The van der Waals surface area contributed by atoms with Gasteiger partial charge >= 0.3 is 0 Å². The molecule has 1 aliphatic carbocycles. The van der Waals surface area contributed by atoms with Crippen molar-refractivity contribution in [3.63, 3.8) is 0 Å². The lowest BCUT2D eigenvalue weighted by molar-refractivity contribution is 0.139. The second-order valence-electron chi connectivity index (χ2n) is 4.69. The van der Waals surface area contributed by atoms with Gasteiger partial charge in [0.05, 0.1) is 19.3 Å². The minimum absolute atomic E-state index is 0.0247. The average molecular weight is 201 g/mol. The van der Waals surface area contributed by atoms with Gasteiger partial charge in [0.15, 0.2) is 0 Å². The molecule has 0 heterocycles. The van der Waals surface area contributed by atoms with Crippen LogP contribution in [0.5, 0.6) is 0 Å². The quantitative estimate of drug-likeness (QED) is 0.629. The monoisotopic (exact) mass is 201 g/mol. The van der Waals surface area contributed by atoms with Gasteiger partial charge in [-0.15, -0.1) is 0 Å². The van der Waals surface area contributed by atoms with Crippen molar-refractivity contribution in [2.75, 3.05) is 13.2 Å². The third kappa shape index (κ3) is 3.23. The summed E-state index contributed by atoms with van der Waals surface area (Å²) in [7, 11) is 0. The Labute approximate surface area is 86.5 Å². The highest BCUT2D eigenvalue weighted by Gasteiger charge is 2.25. The van der Waals surface area contributed by atoms with E-state index in [-0.39, 0.29) is 19.3 Å². The van der Waals surface area contributed by atoms with E-state index >= 15 is 0 Å². The zero-order chi connectivity index (χ0) is 10.6. The van der Waals surface area contributed by atoms with Gasteiger partial charge in [-0.25, -0.2) is 0 Å². The average Bonchev–Trinajstić information content (AvgIpc) is 2.19. The maximum atomic E-state index is 8.95. The molecule has 1 saturated carbocycles. The summed E-state index contributed by atoms with van der Waals surface area (Å²) in [6, 6.07) is 0.339. The Morgan fingerprint density at radius 1 is 1.14 bits per heavy atom. The first-order valence-corrected chi connectivity index (χ1v) is 5.65. The molecule has 0 amide bonds. The van der Waals surface area contributed by atoms with Crippen LogP contribution in [0.25, 0.3) is 0 Å². The molecule has 0 saturated heterocycles. The second-order valence-corrected chi connectivity index (χ2v) is 4.69. The van der Waals surface area contributed by atoms with E-state index < -0.39 is 0 Å². The molecule has 0 aromatic carbocycles. The van der Waals surface area contributed by atoms with Gasteiger partial charge in [-0.3, -0.25) is 0 Å². The first-order valence-electron chi connectivity index (χ1n) is 5.65. The van der Waals surface area contributed by atoms with Gasteiger partial charge in [0, 0.05) is 6.04 Å². The summed E-state index contributed by atoms with van der Waals surface area (Å²) in [5.41, 5.74) is 0. The molecule has 84 valence electrons. The number of hydrogen-bond acceptors (Lipinski definition) is 3. The van der Waals surface area contributed by atoms with Gasteiger partial charge in [-0.1, -0.05) is 13.8 Å². The fourth-order valence-electron chi connectivity index (χ4n) is 2.20. The summed E-state index contributed by atoms with van der Waals surface area (Å²) in [5.74, 6) is 1.56. The van der Waals surface area contributed by atoms with Crippen LogP contribution in [0.4, 0.5) is 0 Å². The molecule has 0 spiro atoms. The minimum atomic E-state index is -0.138. The molecule has 14 heavy (non-hydrogen) atoms. The van der Waals surface area contributed by atoms with Crippen LogP contribution in [0, 0.1) is 11.8 Å². The summed E-state index contributed by atoms with van der Waals surface area (Å²) in [4.78, 5) is 0. The zero-order valence-electron chi connectivity index (χ0n) is 9.24. The van der Waals surface area contributed by atoms with Crippen LogP contribution in [0.3, 0.4) is 0 Å². The van der Waals surface area contributed by atoms with Crippen LogP contribution in [0.15, 0.2) is 0 Å². The second kappa shape index (κ2) is 5.69. The molecule has 0 aromatic rings. The van der Waals surface area contributed by atoms with Crippen molar-refractivity contribution in [3.05, 3.63) is 0 Å². The number of hydrogen-bond donors (Lipinski definition) is 3. The lowest BCUT2D eigenvalue weighted by atomic mass is 9.79. The fraction of sp³-hybridized carbons (Fsp3) is 1.00. The molecule has 3 N–H and O–H groups in total. The Morgan fingerprint density at radius 2 is 1.79 bits per heavy atom. The van der Waals surface area contributed by atoms with Crippen molar-refractivity contribution in [1.82, 2.24) is 5.32 Å². The predicted octanol–water partition coefficient (Wildman–Crippen LogP) is 0.754. The van der Waals surface area contributed by atoms with Crippen LogP contribution in [0.1, 0.15) is 33.1 Å². The number of aliphatic hydroxyl groups excluding tert-OH is 2. The summed E-state index contributed by atoms with van der Waals surface area (Å²) in [5, 5.41) is 21.2. The third-order valence-electron chi connectivity index (χ3n) is 3.51. The number of nitrogens with one attached hydrogen (secondary N) is 1. The fourth-order valence-corrected chi connectivity index (χ4v) is 2.20. The SMILES string of the molecule is C[C@H]1CC[C@H](NC(CO)CO)C[C@@H]1C. The van der Waals surface area contributed by atoms with Crippen molar-refractivity contribution in [2.24, 2.45) is 11.8 Å². The van der Waals surface area contributed by atoms with Crippen molar-refractivity contribution < 1.29 is 10.2 Å². The summed E-state index contributed by atoms with van der Waals surface area (Å²) in [6.45, 7) is 4.63. The molecule has 3 heteroatoms. The van der Waals surface area contributed by atoms with Crippen molar-refractivity contribution in [3.8, 4) is 0 Å². The van der Waals surface area contributed by atoms with E-state index in [1.54, 1.807) is 0 Å². The van der Waals surface area contributed by atoms with Gasteiger partial charge < -0.3 is 15.5 Å². The largest absolute Gasteiger partial charge is 0.395 e. The highest BCUT2D eigenvalue weighted by Crippen LogP contribution is 2.29. The Hall–Kier alpha value is -0.120. The molecule has 1 rings (SSSR count). The predicted molar refractivity (Wildman–Crippen MR) is 57.1 cm³/mol. The van der Waals surface area contributed by atoms with E-state index in [9.17, 15) is 0 Å². The van der Waals surface area contributed by atoms with Gasteiger partial charge in [0.2, 0.25) is 0 Å². The van der Waals surface area contributed by atoms with E-state index in [4.69, 9.17) is 10.2 Å². The van der Waals surface area contributed by atoms with Gasteiger partial charge in [0.1, 0.15) is 0 Å². The molecule has 3 nitrogen and oxygen atoms in total. The summed E-state index contributed by atoms with van der Waals surface area (Å²) >= 11 is 0. The Balaban J connectivity index is 2.32. The first-order chi connectivity index (χ1) is 6.67. The van der Waals surface area contributed by atoms with Crippen LogP contribution in [0.2, 0.25) is 0 Å². The van der Waals surface area contributed by atoms with Crippen LogP contribution < -0.4 is 5.32 Å². The first kappa shape index (κ1) is 12.0. The zero-order valence-corrected chi connectivity index (χ0v) is 9.24. The van der Waals surface area contributed by atoms with E-state index in [2.05, 4.69) is 19.2 Å². The topological polar surface area (TPSA) is 52.5 Å². The van der Waals surface area contributed by atoms with Gasteiger partial charge in [0.25, 0.3) is 0 Å². The van der Waals surface area contributed by atoms with Gasteiger partial charge in [-0.2, -0.15) is 0 Å². The van der Waals surface area contributed by atoms with Gasteiger partial charge in [-0.05, 0) is 31.1 Å². The highest BCUT2D eigenvalue weighted by molar-refractivity contribution is 4.82. The normalized spacial score (nSPS) is 33.6. The molecule has 0 radical (unpaired) electrons. The van der Waals surface area contributed by atoms with Crippen molar-refractivity contribution in [1.29, 1.82) is 0 Å². The van der Waals surface area contributed by atoms with Crippen molar-refractivity contribution >= 4 is 0 Å². The molecule has 0 bridgehead atoms. The van der Waals surface area contributed by atoms with E-state index in [0.717, 1.165) is 18.3 Å². The van der Waals surface area contributed by atoms with Crippen LogP contribution in [-0.4, -0.2) is 35.5 Å². The summed E-state index contributed by atoms with van der Waals surface area (Å²) < 4.78 is 0. The van der Waals surface area contributed by atoms with Crippen LogP contribution >= 0.6 is 0 Å². The Kier molecular flexibility index (Phi) is 4.85. The molecular weight excluding hydrogens is 178 g/mol. The molecular formula is C11H23NO2. The Morgan fingerprint density at radius 3 is 2.29 bits per heavy atom. The molecule has 0 unspecified atom stereocenters. The van der Waals surface area contributed by atoms with E-state index in [1.807, 2.05) is 0 Å². The maximum Gasteiger partial charge on any atom is 0.0607 e. The maximum absolute atomic E-state index is 8.95.